The second-order valence-corrected chi connectivity index (χ2v) is 9.68. The van der Waals surface area contributed by atoms with Crippen LogP contribution < -0.4 is 10.5 Å². The molecule has 1 aromatic heterocycles. The molecule has 1 aliphatic carbocycles. The summed E-state index contributed by atoms with van der Waals surface area (Å²) in [5.74, 6) is -1.50. The van der Waals surface area contributed by atoms with Crippen LogP contribution in [0.5, 0.6) is 5.75 Å². The maximum absolute atomic E-state index is 16.2. The third-order valence-electron chi connectivity index (χ3n) is 7.60. The first kappa shape index (κ1) is 25.9. The number of nitrogen functional groups attached to an aromatic ring is 1. The molecule has 5 rings (SSSR count). The Balaban J connectivity index is 1.98. The molecule has 1 aliphatic rings. The highest BCUT2D eigenvalue weighted by Gasteiger charge is 2.44. The lowest BCUT2D eigenvalue weighted by Crippen LogP contribution is -2.36. The smallest absolute Gasteiger partial charge is 0.337 e. The fourth-order valence-electron chi connectivity index (χ4n) is 5.54. The number of carbonyl (C=O) groups excluding carboxylic acids is 1. The van der Waals surface area contributed by atoms with Crippen molar-refractivity contribution in [3.8, 4) is 28.6 Å². The van der Waals surface area contributed by atoms with Crippen LogP contribution in [0.1, 0.15) is 47.3 Å². The molecule has 1 saturated carbocycles. The third-order valence-corrected chi connectivity index (χ3v) is 7.60. The summed E-state index contributed by atoms with van der Waals surface area (Å²) < 4.78 is 42.9. The molecule has 1 heterocycles. The predicted octanol–water partition coefficient (Wildman–Crippen LogP) is 6.29. The molecule has 0 unspecified atom stereocenters. The van der Waals surface area contributed by atoms with E-state index < -0.39 is 23.0 Å². The van der Waals surface area contributed by atoms with Gasteiger partial charge >= 0.3 is 5.97 Å². The van der Waals surface area contributed by atoms with Gasteiger partial charge in [-0.2, -0.15) is 5.26 Å². The van der Waals surface area contributed by atoms with Gasteiger partial charge in [0.2, 0.25) is 0 Å². The summed E-state index contributed by atoms with van der Waals surface area (Å²) in [6.07, 6.45) is 3.35. The number of hydrogen-bond acceptors (Lipinski definition) is 6. The molecule has 0 bridgehead atoms. The summed E-state index contributed by atoms with van der Waals surface area (Å²) in [6, 6.07) is 14.7. The van der Waals surface area contributed by atoms with Crippen LogP contribution in [0.15, 0.2) is 48.5 Å². The fourth-order valence-corrected chi connectivity index (χ4v) is 5.54. The molecule has 9 heteroatoms. The molecule has 3 N–H and O–H groups in total. The van der Waals surface area contributed by atoms with Crippen molar-refractivity contribution >= 4 is 28.8 Å². The second kappa shape index (κ2) is 9.87. The van der Waals surface area contributed by atoms with Gasteiger partial charge < -0.3 is 25.2 Å². The number of methoxy groups -OCH3 is 2. The van der Waals surface area contributed by atoms with Crippen LogP contribution in [0.2, 0.25) is 0 Å². The molecular weight excluding hydrogens is 502 g/mol. The molecule has 0 amide bonds. The van der Waals surface area contributed by atoms with Gasteiger partial charge in [-0.3, -0.25) is 0 Å². The summed E-state index contributed by atoms with van der Waals surface area (Å²) in [4.78, 5) is 12.1. The number of rotatable bonds is 7. The largest absolute Gasteiger partial charge is 0.497 e. The van der Waals surface area contributed by atoms with Crippen molar-refractivity contribution in [2.45, 2.75) is 31.1 Å². The zero-order valence-electron chi connectivity index (χ0n) is 21.5. The van der Waals surface area contributed by atoms with Gasteiger partial charge in [-0.25, -0.2) is 13.6 Å². The highest BCUT2D eigenvalue weighted by Crippen LogP contribution is 2.54. The maximum Gasteiger partial charge on any atom is 0.337 e. The van der Waals surface area contributed by atoms with Crippen molar-refractivity contribution in [1.29, 1.82) is 10.7 Å². The first-order chi connectivity index (χ1) is 18.8. The number of hydrogen-bond donors (Lipinski definition) is 2. The fraction of sp³-hybridized carbons (Fsp3) is 0.233. The highest BCUT2D eigenvalue weighted by atomic mass is 19.1. The topological polar surface area (TPSA) is 114 Å². The number of nitriles is 1. The van der Waals surface area contributed by atoms with Crippen molar-refractivity contribution < 1.29 is 23.0 Å². The first-order valence-electron chi connectivity index (χ1n) is 12.4. The van der Waals surface area contributed by atoms with Crippen LogP contribution in [-0.4, -0.2) is 31.0 Å². The standard InChI is InChI=1S/C30H26F2N4O3/c1-38-22-14-20(31)13-21(15-22)36-23-12-19(16-34)27(35)26(32)25(23)24(28(36)30(10-11-33)8-3-9-30)17-4-6-18(7-5-17)29(37)39-2/h4-7,12-16,34H,3,8-10,35H2,1-2H3. The number of aromatic nitrogens is 1. The lowest BCUT2D eigenvalue weighted by atomic mass is 9.63. The Morgan fingerprint density at radius 1 is 1.18 bits per heavy atom. The van der Waals surface area contributed by atoms with E-state index >= 15 is 4.39 Å². The summed E-state index contributed by atoms with van der Waals surface area (Å²) in [5.41, 5.74) is 8.30. The van der Waals surface area contributed by atoms with Gasteiger partial charge in [0, 0.05) is 52.4 Å². The number of esters is 1. The van der Waals surface area contributed by atoms with Crippen LogP contribution in [0.3, 0.4) is 0 Å². The molecule has 0 atom stereocenters. The van der Waals surface area contributed by atoms with Gasteiger partial charge in [0.1, 0.15) is 11.6 Å². The lowest BCUT2D eigenvalue weighted by molar-refractivity contribution is 0.0600. The van der Waals surface area contributed by atoms with Gasteiger partial charge in [0.15, 0.2) is 5.82 Å². The van der Waals surface area contributed by atoms with Crippen molar-refractivity contribution in [3.63, 3.8) is 0 Å². The molecule has 0 radical (unpaired) electrons. The van der Waals surface area contributed by atoms with E-state index in [1.54, 1.807) is 41.0 Å². The van der Waals surface area contributed by atoms with E-state index in [9.17, 15) is 14.4 Å². The predicted molar refractivity (Wildman–Crippen MR) is 145 cm³/mol. The normalized spacial score (nSPS) is 13.9. The molecule has 0 saturated heterocycles. The van der Waals surface area contributed by atoms with Crippen molar-refractivity contribution in [2.24, 2.45) is 0 Å². The number of anilines is 1. The number of carbonyl (C=O) groups is 1. The minimum absolute atomic E-state index is 0.164. The number of fused-ring (bicyclic) bond motifs is 1. The van der Waals surface area contributed by atoms with Crippen molar-refractivity contribution in [2.75, 3.05) is 20.0 Å². The van der Waals surface area contributed by atoms with Gasteiger partial charge in [-0.15, -0.1) is 0 Å². The molecule has 1 fully saturated rings. The van der Waals surface area contributed by atoms with E-state index in [0.717, 1.165) is 12.6 Å². The lowest BCUT2D eigenvalue weighted by Gasteiger charge is -2.42. The quantitative estimate of drug-likeness (QED) is 0.166. The second-order valence-electron chi connectivity index (χ2n) is 9.68. The highest BCUT2D eigenvalue weighted by molar-refractivity contribution is 6.05. The Morgan fingerprint density at radius 2 is 1.90 bits per heavy atom. The van der Waals surface area contributed by atoms with Crippen LogP contribution >= 0.6 is 0 Å². The molecule has 0 aliphatic heterocycles. The summed E-state index contributed by atoms with van der Waals surface area (Å²) in [5, 5.41) is 17.9. The van der Waals surface area contributed by atoms with Crippen LogP contribution in [-0.2, 0) is 10.2 Å². The first-order valence-corrected chi connectivity index (χ1v) is 12.4. The Morgan fingerprint density at radius 3 is 2.46 bits per heavy atom. The average molecular weight is 529 g/mol. The molecule has 4 aromatic rings. The van der Waals surface area contributed by atoms with Gasteiger partial charge in [0.05, 0.1) is 42.7 Å². The number of nitrogens with zero attached hydrogens (tertiary/aromatic N) is 2. The number of halogens is 2. The number of benzene rings is 3. The summed E-state index contributed by atoms with van der Waals surface area (Å²) >= 11 is 0. The average Bonchev–Trinajstić information content (AvgIpc) is 3.27. The van der Waals surface area contributed by atoms with Gasteiger partial charge in [-0.1, -0.05) is 18.6 Å². The van der Waals surface area contributed by atoms with Crippen LogP contribution in [0.25, 0.3) is 27.7 Å². The summed E-state index contributed by atoms with van der Waals surface area (Å²) in [7, 11) is 2.72. The Hall–Kier alpha value is -4.71. The number of nitrogens with one attached hydrogen (secondary N) is 1. The van der Waals surface area contributed by atoms with Crippen LogP contribution in [0, 0.1) is 28.4 Å². The number of nitrogens with two attached hydrogens (primary N) is 1. The minimum Gasteiger partial charge on any atom is -0.497 e. The maximum atomic E-state index is 16.2. The van der Waals surface area contributed by atoms with E-state index in [1.165, 1.54) is 26.4 Å². The Kier molecular flexibility index (Phi) is 6.56. The van der Waals surface area contributed by atoms with Crippen molar-refractivity contribution in [1.82, 2.24) is 4.57 Å². The molecule has 7 nitrogen and oxygen atoms in total. The zero-order chi connectivity index (χ0) is 27.9. The minimum atomic E-state index is -0.715. The Bertz CT molecular complexity index is 1670. The van der Waals surface area contributed by atoms with Crippen LogP contribution in [0.4, 0.5) is 14.5 Å². The van der Waals surface area contributed by atoms with E-state index in [4.69, 9.17) is 20.6 Å². The summed E-state index contributed by atoms with van der Waals surface area (Å²) in [6.45, 7) is 0. The number of ether oxygens (including phenoxy) is 2. The van der Waals surface area contributed by atoms with E-state index in [2.05, 4.69) is 6.07 Å². The van der Waals surface area contributed by atoms with Gasteiger partial charge in [-0.05, 0) is 42.7 Å². The third kappa shape index (κ3) is 4.09. The molecule has 3 aromatic carbocycles. The van der Waals surface area contributed by atoms with E-state index in [1.807, 2.05) is 0 Å². The van der Waals surface area contributed by atoms with E-state index in [0.29, 0.717) is 46.4 Å². The molecular formula is C30H26F2N4O3. The van der Waals surface area contributed by atoms with Crippen molar-refractivity contribution in [3.05, 3.63) is 77.0 Å². The molecule has 198 valence electrons. The zero-order valence-corrected chi connectivity index (χ0v) is 21.5. The monoisotopic (exact) mass is 528 g/mol. The Labute approximate surface area is 223 Å². The van der Waals surface area contributed by atoms with Gasteiger partial charge in [0.25, 0.3) is 0 Å². The van der Waals surface area contributed by atoms with E-state index in [-0.39, 0.29) is 28.8 Å². The molecule has 0 spiro atoms. The molecule has 39 heavy (non-hydrogen) atoms. The SMILES string of the molecule is COC(=O)c1ccc(-c2c(C3(CC#N)CCC3)n(-c3cc(F)cc(OC)c3)c3cc(C=N)c(N)c(F)c23)cc1.